The molecule has 2 unspecified atom stereocenters. The van der Waals surface area contributed by atoms with Gasteiger partial charge in [0, 0.05) is 12.8 Å². The molecule has 0 aliphatic rings. The van der Waals surface area contributed by atoms with Gasteiger partial charge in [-0.05, 0) is 57.8 Å². The minimum Gasteiger partial charge on any atom is -0.466 e. The third-order valence-corrected chi connectivity index (χ3v) is 9.97. The molecule has 0 aliphatic carbocycles. The van der Waals surface area contributed by atoms with E-state index >= 15 is 0 Å². The van der Waals surface area contributed by atoms with Crippen LogP contribution in [-0.2, 0) is 14.3 Å². The second kappa shape index (κ2) is 41.1. The fraction of sp³-hybridized carbons (Fsp3) is 0.867. The number of hydrogen-bond acceptors (Lipinski definition) is 5. The lowest BCUT2D eigenvalue weighted by Gasteiger charge is -2.20. The molecule has 0 aromatic heterocycles. The molecule has 6 nitrogen and oxygen atoms in total. The second-order valence-electron chi connectivity index (χ2n) is 15.0. The van der Waals surface area contributed by atoms with Gasteiger partial charge < -0.3 is 20.3 Å². The minimum atomic E-state index is -0.856. The number of aliphatic hydroxyl groups excluding tert-OH is 2. The summed E-state index contributed by atoms with van der Waals surface area (Å²) in [7, 11) is 0. The fourth-order valence-electron chi connectivity index (χ4n) is 6.51. The molecule has 3 N–H and O–H groups in total. The molecule has 2 atom stereocenters. The summed E-state index contributed by atoms with van der Waals surface area (Å²) in [5.41, 5.74) is 0. The van der Waals surface area contributed by atoms with E-state index in [-0.39, 0.29) is 18.5 Å². The third kappa shape index (κ3) is 37.9. The molecule has 0 aliphatic heterocycles. The lowest BCUT2D eigenvalue weighted by molar-refractivity contribution is -0.143. The topological polar surface area (TPSA) is 95.9 Å². The van der Waals surface area contributed by atoms with Gasteiger partial charge in [-0.15, -0.1) is 0 Å². The van der Waals surface area contributed by atoms with Crippen LogP contribution in [0, 0.1) is 0 Å². The SMILES string of the molecule is CCCCCCC/C=C\CCCCCCCC(=O)OCCCCCCCCCCCCC(=O)NC(CO)C(O)/C=C/CCCCCCCCCC. The Balaban J connectivity index is 3.52. The largest absolute Gasteiger partial charge is 0.466 e. The molecular formula is C45H85NO5. The first-order valence-corrected chi connectivity index (χ1v) is 22.1. The molecule has 0 bridgehead atoms. The number of rotatable bonds is 40. The highest BCUT2D eigenvalue weighted by Gasteiger charge is 2.18. The van der Waals surface area contributed by atoms with Crippen molar-refractivity contribution in [2.75, 3.05) is 13.2 Å². The number of nitrogens with one attached hydrogen (secondary N) is 1. The Morgan fingerprint density at radius 2 is 0.922 bits per heavy atom. The van der Waals surface area contributed by atoms with Gasteiger partial charge >= 0.3 is 5.97 Å². The summed E-state index contributed by atoms with van der Waals surface area (Å²) in [4.78, 5) is 24.3. The number of carbonyl (C=O) groups excluding carboxylic acids is 2. The predicted octanol–water partition coefficient (Wildman–Crippen LogP) is 12.4. The van der Waals surface area contributed by atoms with Crippen LogP contribution in [0.1, 0.15) is 226 Å². The van der Waals surface area contributed by atoms with Gasteiger partial charge in [0.1, 0.15) is 0 Å². The van der Waals surface area contributed by atoms with Gasteiger partial charge in [-0.3, -0.25) is 9.59 Å². The summed E-state index contributed by atoms with van der Waals surface area (Å²) in [6.07, 6.45) is 45.9. The molecule has 0 saturated heterocycles. The van der Waals surface area contributed by atoms with Crippen LogP contribution < -0.4 is 5.32 Å². The van der Waals surface area contributed by atoms with Gasteiger partial charge in [0.05, 0.1) is 25.4 Å². The lowest BCUT2D eigenvalue weighted by atomic mass is 10.1. The van der Waals surface area contributed by atoms with Crippen LogP contribution in [0.4, 0.5) is 0 Å². The first kappa shape index (κ1) is 49.3. The zero-order chi connectivity index (χ0) is 37.3. The van der Waals surface area contributed by atoms with E-state index in [1.54, 1.807) is 6.08 Å². The number of esters is 1. The molecule has 0 radical (unpaired) electrons. The summed E-state index contributed by atoms with van der Waals surface area (Å²) >= 11 is 0. The van der Waals surface area contributed by atoms with Gasteiger partial charge in [0.15, 0.2) is 0 Å². The van der Waals surface area contributed by atoms with Gasteiger partial charge in [0.25, 0.3) is 0 Å². The quantitative estimate of drug-likeness (QED) is 0.0333. The zero-order valence-corrected chi connectivity index (χ0v) is 33.8. The first-order valence-electron chi connectivity index (χ1n) is 22.1. The first-order chi connectivity index (χ1) is 25.0. The van der Waals surface area contributed by atoms with Gasteiger partial charge in [0.2, 0.25) is 5.91 Å². The molecule has 0 spiro atoms. The van der Waals surface area contributed by atoms with Crippen molar-refractivity contribution in [2.45, 2.75) is 238 Å². The fourth-order valence-corrected chi connectivity index (χ4v) is 6.51. The summed E-state index contributed by atoms with van der Waals surface area (Å²) < 4.78 is 5.43. The van der Waals surface area contributed by atoms with Crippen LogP contribution in [0.15, 0.2) is 24.3 Å². The number of aliphatic hydroxyl groups is 2. The van der Waals surface area contributed by atoms with E-state index in [2.05, 4.69) is 31.3 Å². The van der Waals surface area contributed by atoms with E-state index in [4.69, 9.17) is 4.74 Å². The van der Waals surface area contributed by atoms with Gasteiger partial charge in [-0.25, -0.2) is 0 Å². The van der Waals surface area contributed by atoms with Crippen LogP contribution in [-0.4, -0.2) is 47.4 Å². The molecule has 0 rings (SSSR count). The molecule has 0 fully saturated rings. The number of unbranched alkanes of at least 4 members (excludes halogenated alkanes) is 27. The normalized spacial score (nSPS) is 12.9. The van der Waals surface area contributed by atoms with E-state index in [0.717, 1.165) is 57.8 Å². The van der Waals surface area contributed by atoms with Crippen molar-refractivity contribution in [2.24, 2.45) is 0 Å². The Hall–Kier alpha value is -1.66. The zero-order valence-electron chi connectivity index (χ0n) is 33.8. The average molecular weight is 720 g/mol. The van der Waals surface area contributed by atoms with Crippen molar-refractivity contribution in [3.8, 4) is 0 Å². The van der Waals surface area contributed by atoms with E-state index in [0.29, 0.717) is 19.4 Å². The Bertz CT molecular complexity index is 797. The summed E-state index contributed by atoms with van der Waals surface area (Å²) in [6.45, 7) is 4.80. The van der Waals surface area contributed by atoms with Crippen LogP contribution in [0.5, 0.6) is 0 Å². The summed E-state index contributed by atoms with van der Waals surface area (Å²) in [5, 5.41) is 22.9. The predicted molar refractivity (Wildman–Crippen MR) is 218 cm³/mol. The van der Waals surface area contributed by atoms with Gasteiger partial charge in [-0.1, -0.05) is 179 Å². The maximum atomic E-state index is 12.3. The average Bonchev–Trinajstić information content (AvgIpc) is 3.13. The number of ether oxygens (including phenoxy) is 1. The van der Waals surface area contributed by atoms with Crippen LogP contribution in [0.25, 0.3) is 0 Å². The Labute approximate surface area is 316 Å². The molecule has 0 aromatic carbocycles. The minimum absolute atomic E-state index is 0.0306. The van der Waals surface area contributed by atoms with Gasteiger partial charge in [-0.2, -0.15) is 0 Å². The van der Waals surface area contributed by atoms with E-state index in [1.807, 2.05) is 6.08 Å². The van der Waals surface area contributed by atoms with E-state index in [1.165, 1.54) is 141 Å². The monoisotopic (exact) mass is 720 g/mol. The maximum absolute atomic E-state index is 12.3. The summed E-state index contributed by atoms with van der Waals surface area (Å²) in [5.74, 6) is -0.125. The Morgan fingerprint density at radius 3 is 1.39 bits per heavy atom. The molecule has 6 heteroatoms. The second-order valence-corrected chi connectivity index (χ2v) is 15.0. The highest BCUT2D eigenvalue weighted by atomic mass is 16.5. The number of hydrogen-bond donors (Lipinski definition) is 3. The van der Waals surface area contributed by atoms with E-state index in [9.17, 15) is 19.8 Å². The Morgan fingerprint density at radius 1 is 0.529 bits per heavy atom. The molecule has 1 amide bonds. The molecule has 300 valence electrons. The van der Waals surface area contributed by atoms with Crippen molar-refractivity contribution in [3.63, 3.8) is 0 Å². The van der Waals surface area contributed by atoms with Crippen molar-refractivity contribution in [1.82, 2.24) is 5.32 Å². The van der Waals surface area contributed by atoms with Crippen LogP contribution >= 0.6 is 0 Å². The highest BCUT2D eigenvalue weighted by molar-refractivity contribution is 5.76. The molecule has 51 heavy (non-hydrogen) atoms. The van der Waals surface area contributed by atoms with Crippen LogP contribution in [0.2, 0.25) is 0 Å². The lowest BCUT2D eigenvalue weighted by Crippen LogP contribution is -2.45. The smallest absolute Gasteiger partial charge is 0.305 e. The summed E-state index contributed by atoms with van der Waals surface area (Å²) in [6, 6.07) is -0.642. The number of amides is 1. The molecule has 0 saturated carbocycles. The molecule has 0 heterocycles. The molecule has 0 aromatic rings. The van der Waals surface area contributed by atoms with E-state index < -0.39 is 12.1 Å². The van der Waals surface area contributed by atoms with Crippen molar-refractivity contribution in [1.29, 1.82) is 0 Å². The third-order valence-electron chi connectivity index (χ3n) is 9.97. The van der Waals surface area contributed by atoms with Crippen LogP contribution in [0.3, 0.4) is 0 Å². The standard InChI is InChI=1S/C45H85NO5/c1-3-5-7-9-11-13-15-16-17-18-23-27-31-35-39-45(50)51-40-36-32-28-24-20-19-22-26-30-34-38-44(49)46-42(41-47)43(48)37-33-29-25-21-14-12-10-8-6-4-2/h15-16,33,37,42-43,47-48H,3-14,17-32,34-36,38-41H2,1-2H3,(H,46,49)/b16-15-,37-33+. The maximum Gasteiger partial charge on any atom is 0.305 e. The number of allylic oxidation sites excluding steroid dienone is 3. The van der Waals surface area contributed by atoms with Crippen molar-refractivity contribution in [3.05, 3.63) is 24.3 Å². The Kier molecular flexibility index (Phi) is 39.8. The number of carbonyl (C=O) groups is 2. The molecular weight excluding hydrogens is 634 g/mol. The highest BCUT2D eigenvalue weighted by Crippen LogP contribution is 2.14. The van der Waals surface area contributed by atoms with Crippen molar-refractivity contribution >= 4 is 11.9 Å². The van der Waals surface area contributed by atoms with Crippen molar-refractivity contribution < 1.29 is 24.5 Å².